The topological polar surface area (TPSA) is 29.1 Å². The molecule has 2 rings (SSSR count). The van der Waals surface area contributed by atoms with Crippen LogP contribution in [0.4, 0.5) is 5.69 Å². The van der Waals surface area contributed by atoms with Crippen LogP contribution in [0.15, 0.2) is 34.1 Å². The van der Waals surface area contributed by atoms with Gasteiger partial charge in [0.15, 0.2) is 0 Å². The van der Waals surface area contributed by atoms with Crippen molar-refractivity contribution in [2.45, 2.75) is 13.8 Å². The predicted molar refractivity (Wildman–Crippen MR) is 75.9 cm³/mol. The Morgan fingerprint density at radius 2 is 1.82 bits per heavy atom. The minimum absolute atomic E-state index is 0.0573. The highest BCUT2D eigenvalue weighted by atomic mass is 79.9. The number of para-hydroxylation sites is 1. The van der Waals surface area contributed by atoms with Gasteiger partial charge >= 0.3 is 0 Å². The lowest BCUT2D eigenvalue weighted by Crippen LogP contribution is -2.12. The third-order valence-electron chi connectivity index (χ3n) is 2.52. The minimum Gasteiger partial charge on any atom is -0.321 e. The highest BCUT2D eigenvalue weighted by molar-refractivity contribution is 9.11. The molecule has 0 spiro atoms. The summed E-state index contributed by atoms with van der Waals surface area (Å²) in [6, 6.07) is 9.67. The Labute approximate surface area is 113 Å². The van der Waals surface area contributed by atoms with Crippen LogP contribution in [0.3, 0.4) is 0 Å². The van der Waals surface area contributed by atoms with Gasteiger partial charge in [0.2, 0.25) is 0 Å². The van der Waals surface area contributed by atoms with E-state index < -0.39 is 0 Å². The molecule has 88 valence electrons. The van der Waals surface area contributed by atoms with Gasteiger partial charge in [0, 0.05) is 5.69 Å². The number of hydrogen-bond donors (Lipinski definition) is 1. The molecule has 0 aliphatic rings. The summed E-state index contributed by atoms with van der Waals surface area (Å²) in [6.45, 7) is 3.99. The van der Waals surface area contributed by atoms with Crippen LogP contribution in [-0.4, -0.2) is 5.91 Å². The van der Waals surface area contributed by atoms with Gasteiger partial charge in [0.1, 0.15) is 0 Å². The van der Waals surface area contributed by atoms with Crippen molar-refractivity contribution in [3.05, 3.63) is 50.1 Å². The second-order valence-corrected chi connectivity index (χ2v) is 6.29. The third kappa shape index (κ3) is 2.76. The molecule has 1 N–H and O–H groups in total. The number of carbonyl (C=O) groups is 1. The van der Waals surface area contributed by atoms with Crippen LogP contribution >= 0.6 is 27.3 Å². The zero-order valence-corrected chi connectivity index (χ0v) is 12.0. The van der Waals surface area contributed by atoms with Gasteiger partial charge in [-0.1, -0.05) is 18.2 Å². The summed E-state index contributed by atoms with van der Waals surface area (Å²) in [4.78, 5) is 12.7. The lowest BCUT2D eigenvalue weighted by molar-refractivity contribution is 0.103. The van der Waals surface area contributed by atoms with Crippen molar-refractivity contribution in [3.8, 4) is 0 Å². The first-order valence-electron chi connectivity index (χ1n) is 5.21. The van der Waals surface area contributed by atoms with Gasteiger partial charge in [0.25, 0.3) is 5.91 Å². The molecule has 0 unspecified atom stereocenters. The molecule has 0 saturated carbocycles. The van der Waals surface area contributed by atoms with E-state index in [9.17, 15) is 4.79 Å². The second-order valence-electron chi connectivity index (χ2n) is 3.82. The van der Waals surface area contributed by atoms with Crippen LogP contribution in [0, 0.1) is 13.8 Å². The predicted octanol–water partition coefficient (Wildman–Crippen LogP) is 4.38. The molecule has 2 aromatic rings. The van der Waals surface area contributed by atoms with Crippen molar-refractivity contribution in [2.24, 2.45) is 0 Å². The Morgan fingerprint density at radius 3 is 2.35 bits per heavy atom. The quantitative estimate of drug-likeness (QED) is 0.876. The van der Waals surface area contributed by atoms with Crippen molar-refractivity contribution in [1.82, 2.24) is 0 Å². The van der Waals surface area contributed by atoms with E-state index in [4.69, 9.17) is 0 Å². The lowest BCUT2D eigenvalue weighted by Gasteiger charge is -2.10. The zero-order valence-electron chi connectivity index (χ0n) is 9.58. The largest absolute Gasteiger partial charge is 0.321 e. The van der Waals surface area contributed by atoms with E-state index in [-0.39, 0.29) is 5.91 Å². The van der Waals surface area contributed by atoms with Crippen LogP contribution in [0.25, 0.3) is 0 Å². The highest BCUT2D eigenvalue weighted by Crippen LogP contribution is 2.25. The van der Waals surface area contributed by atoms with Crippen LogP contribution in [0.2, 0.25) is 0 Å². The summed E-state index contributed by atoms with van der Waals surface area (Å²) in [6.07, 6.45) is 0. The Balaban J connectivity index is 2.24. The summed E-state index contributed by atoms with van der Waals surface area (Å²) in [5.41, 5.74) is 3.06. The van der Waals surface area contributed by atoms with Gasteiger partial charge in [-0.05, 0) is 53.0 Å². The number of halogens is 1. The zero-order chi connectivity index (χ0) is 12.4. The van der Waals surface area contributed by atoms with E-state index in [1.165, 1.54) is 11.3 Å². The molecule has 0 aliphatic carbocycles. The Hall–Kier alpha value is -1.13. The highest BCUT2D eigenvalue weighted by Gasteiger charge is 2.11. The number of benzene rings is 1. The second kappa shape index (κ2) is 5.02. The summed E-state index contributed by atoms with van der Waals surface area (Å²) in [5.74, 6) is -0.0573. The maximum atomic E-state index is 12.0. The van der Waals surface area contributed by atoms with Crippen LogP contribution in [0.1, 0.15) is 20.8 Å². The molecule has 0 bridgehead atoms. The van der Waals surface area contributed by atoms with E-state index in [2.05, 4.69) is 21.2 Å². The lowest BCUT2D eigenvalue weighted by atomic mass is 10.1. The molecule has 1 aromatic heterocycles. The Kier molecular flexibility index (Phi) is 3.64. The fourth-order valence-electron chi connectivity index (χ4n) is 1.62. The number of rotatable bonds is 2. The Bertz CT molecular complexity index is 542. The average molecular weight is 310 g/mol. The number of carbonyl (C=O) groups excluding carboxylic acids is 1. The normalized spacial score (nSPS) is 10.3. The van der Waals surface area contributed by atoms with Crippen molar-refractivity contribution in [2.75, 3.05) is 5.32 Å². The van der Waals surface area contributed by atoms with Gasteiger partial charge < -0.3 is 5.32 Å². The van der Waals surface area contributed by atoms with Gasteiger partial charge in [-0.3, -0.25) is 4.79 Å². The third-order valence-corrected chi connectivity index (χ3v) is 4.14. The molecule has 17 heavy (non-hydrogen) atoms. The summed E-state index contributed by atoms with van der Waals surface area (Å²) in [7, 11) is 0. The van der Waals surface area contributed by atoms with Gasteiger partial charge in [0.05, 0.1) is 8.66 Å². The molecule has 0 fully saturated rings. The molecule has 0 radical (unpaired) electrons. The van der Waals surface area contributed by atoms with E-state index in [1.54, 1.807) is 0 Å². The molecule has 0 aliphatic heterocycles. The summed E-state index contributed by atoms with van der Waals surface area (Å²) in [5, 5.41) is 2.96. The first kappa shape index (κ1) is 12.3. The van der Waals surface area contributed by atoms with E-state index >= 15 is 0 Å². The molecular formula is C13H12BrNOS. The van der Waals surface area contributed by atoms with Gasteiger partial charge in [-0.25, -0.2) is 0 Å². The average Bonchev–Trinajstić information content (AvgIpc) is 2.70. The smallest absolute Gasteiger partial charge is 0.265 e. The molecule has 1 heterocycles. The number of thiophene rings is 1. The maximum absolute atomic E-state index is 12.0. The van der Waals surface area contributed by atoms with Crippen LogP contribution in [0.5, 0.6) is 0 Å². The van der Waals surface area contributed by atoms with Gasteiger partial charge in [-0.2, -0.15) is 0 Å². The van der Waals surface area contributed by atoms with E-state index in [0.717, 1.165) is 20.6 Å². The molecule has 0 atom stereocenters. The van der Waals surface area contributed by atoms with E-state index in [0.29, 0.717) is 4.88 Å². The number of anilines is 1. The van der Waals surface area contributed by atoms with Gasteiger partial charge in [-0.15, -0.1) is 11.3 Å². The number of aryl methyl sites for hydroxylation is 2. The number of hydrogen-bond acceptors (Lipinski definition) is 2. The molecular weight excluding hydrogens is 298 g/mol. The first-order valence-corrected chi connectivity index (χ1v) is 6.82. The summed E-state index contributed by atoms with van der Waals surface area (Å²) >= 11 is 4.78. The molecule has 0 saturated heterocycles. The van der Waals surface area contributed by atoms with Crippen LogP contribution < -0.4 is 5.32 Å². The fourth-order valence-corrected chi connectivity index (χ4v) is 2.90. The SMILES string of the molecule is Cc1cccc(C)c1NC(=O)c1ccc(Br)s1. The van der Waals surface area contributed by atoms with Crippen molar-refractivity contribution in [1.29, 1.82) is 0 Å². The fraction of sp³-hybridized carbons (Fsp3) is 0.154. The van der Waals surface area contributed by atoms with E-state index in [1.807, 2.05) is 44.2 Å². The van der Waals surface area contributed by atoms with Crippen molar-refractivity contribution in [3.63, 3.8) is 0 Å². The monoisotopic (exact) mass is 309 g/mol. The minimum atomic E-state index is -0.0573. The standard InChI is InChI=1S/C13H12BrNOS/c1-8-4-3-5-9(2)12(8)15-13(16)10-6-7-11(14)17-10/h3-7H,1-2H3,(H,15,16). The Morgan fingerprint density at radius 1 is 1.18 bits per heavy atom. The number of nitrogens with one attached hydrogen (secondary N) is 1. The van der Waals surface area contributed by atoms with Crippen molar-refractivity contribution < 1.29 is 4.79 Å². The molecule has 1 amide bonds. The molecule has 2 nitrogen and oxygen atoms in total. The molecule has 4 heteroatoms. The summed E-state index contributed by atoms with van der Waals surface area (Å²) < 4.78 is 0.962. The first-order chi connectivity index (χ1) is 8.08. The van der Waals surface area contributed by atoms with Crippen molar-refractivity contribution >= 4 is 38.9 Å². The number of amides is 1. The molecule has 1 aromatic carbocycles. The van der Waals surface area contributed by atoms with Crippen LogP contribution in [-0.2, 0) is 0 Å². The maximum Gasteiger partial charge on any atom is 0.265 e.